The minimum Gasteiger partial charge on any atom is -0.316 e. The van der Waals surface area contributed by atoms with Gasteiger partial charge in [0.15, 0.2) is 0 Å². The fraction of sp³-hybridized carbons (Fsp3) is 0.538. The fourth-order valence-electron chi connectivity index (χ4n) is 2.41. The van der Waals surface area contributed by atoms with Crippen molar-refractivity contribution in [2.45, 2.75) is 30.5 Å². The first-order chi connectivity index (χ1) is 10.1. The van der Waals surface area contributed by atoms with Crippen LogP contribution in [0.3, 0.4) is 0 Å². The van der Waals surface area contributed by atoms with E-state index in [-0.39, 0.29) is 12.0 Å². The van der Waals surface area contributed by atoms with Crippen LogP contribution >= 0.6 is 0 Å². The molecule has 124 valence electrons. The Morgan fingerprint density at radius 1 is 1.32 bits per heavy atom. The normalized spacial score (nSPS) is 23.5. The van der Waals surface area contributed by atoms with E-state index in [1.807, 2.05) is 0 Å². The van der Waals surface area contributed by atoms with Gasteiger partial charge in [-0.3, -0.25) is 0 Å². The lowest BCUT2D eigenvalue weighted by Gasteiger charge is -2.30. The van der Waals surface area contributed by atoms with Crippen LogP contribution in [-0.2, 0) is 16.2 Å². The van der Waals surface area contributed by atoms with Gasteiger partial charge in [0.25, 0.3) is 0 Å². The monoisotopic (exact) mass is 340 g/mol. The predicted octanol–water partition coefficient (Wildman–Crippen LogP) is 2.12. The summed E-state index contributed by atoms with van der Waals surface area (Å²) < 4.78 is 78.7. The number of rotatable bonds is 3. The third-order valence-electron chi connectivity index (χ3n) is 3.63. The maximum atomic E-state index is 13.1. The van der Waals surface area contributed by atoms with E-state index >= 15 is 0 Å². The van der Waals surface area contributed by atoms with E-state index in [9.17, 15) is 26.0 Å². The van der Waals surface area contributed by atoms with Crippen LogP contribution in [0.1, 0.15) is 18.9 Å². The molecule has 0 saturated carbocycles. The van der Waals surface area contributed by atoms with Crippen molar-refractivity contribution in [3.05, 3.63) is 29.6 Å². The van der Waals surface area contributed by atoms with E-state index in [0.29, 0.717) is 31.6 Å². The quantitative estimate of drug-likeness (QED) is 0.829. The lowest BCUT2D eigenvalue weighted by atomic mass is 9.97. The first-order valence-electron chi connectivity index (χ1n) is 6.71. The van der Waals surface area contributed by atoms with Gasteiger partial charge in [-0.05, 0) is 43.6 Å². The van der Waals surface area contributed by atoms with Gasteiger partial charge >= 0.3 is 6.18 Å². The van der Waals surface area contributed by atoms with Gasteiger partial charge in [0.05, 0.1) is 10.5 Å². The molecular weight excluding hydrogens is 324 g/mol. The molecule has 0 amide bonds. The fourth-order valence-corrected chi connectivity index (χ4v) is 4.00. The molecule has 1 aromatic rings. The molecule has 22 heavy (non-hydrogen) atoms. The zero-order valence-corrected chi connectivity index (χ0v) is 12.6. The Morgan fingerprint density at radius 3 is 2.59 bits per heavy atom. The largest absolute Gasteiger partial charge is 0.417 e. The van der Waals surface area contributed by atoms with Crippen molar-refractivity contribution in [2.75, 3.05) is 13.1 Å². The summed E-state index contributed by atoms with van der Waals surface area (Å²) in [5, 5.41) is 3.07. The number of halogens is 4. The van der Waals surface area contributed by atoms with Crippen LogP contribution in [0.2, 0.25) is 0 Å². The lowest BCUT2D eigenvalue weighted by Crippen LogP contribution is -2.48. The molecule has 1 fully saturated rings. The molecule has 2 atom stereocenters. The third kappa shape index (κ3) is 3.76. The van der Waals surface area contributed by atoms with Crippen molar-refractivity contribution in [2.24, 2.45) is 5.92 Å². The van der Waals surface area contributed by atoms with Gasteiger partial charge in [0.1, 0.15) is 5.82 Å². The molecule has 4 nitrogen and oxygen atoms in total. The summed E-state index contributed by atoms with van der Waals surface area (Å²) in [6.07, 6.45) is -4.48. The highest BCUT2D eigenvalue weighted by molar-refractivity contribution is 7.89. The number of hydrogen-bond acceptors (Lipinski definition) is 3. The minimum atomic E-state index is -4.95. The highest BCUT2D eigenvalue weighted by Crippen LogP contribution is 2.34. The first kappa shape index (κ1) is 17.2. The smallest absolute Gasteiger partial charge is 0.316 e. The summed E-state index contributed by atoms with van der Waals surface area (Å²) >= 11 is 0. The first-order valence-corrected chi connectivity index (χ1v) is 8.19. The van der Waals surface area contributed by atoms with Gasteiger partial charge in [-0.15, -0.1) is 0 Å². The second-order valence-electron chi connectivity index (χ2n) is 5.34. The Bertz CT molecular complexity index is 646. The van der Waals surface area contributed by atoms with Crippen LogP contribution in [0.4, 0.5) is 17.6 Å². The molecule has 1 aliphatic heterocycles. The molecule has 0 radical (unpaired) electrons. The summed E-state index contributed by atoms with van der Waals surface area (Å²) in [6.45, 7) is 2.95. The van der Waals surface area contributed by atoms with Crippen molar-refractivity contribution in [1.29, 1.82) is 0 Å². The molecule has 1 heterocycles. The van der Waals surface area contributed by atoms with Crippen LogP contribution in [0.5, 0.6) is 0 Å². The van der Waals surface area contributed by atoms with Gasteiger partial charge in [0.2, 0.25) is 10.0 Å². The Hall–Kier alpha value is -1.19. The number of hydrogen-bond donors (Lipinski definition) is 2. The van der Waals surface area contributed by atoms with E-state index in [0.717, 1.165) is 0 Å². The van der Waals surface area contributed by atoms with Crippen LogP contribution < -0.4 is 10.0 Å². The van der Waals surface area contributed by atoms with E-state index < -0.39 is 38.5 Å². The average Bonchev–Trinajstić information content (AvgIpc) is 2.40. The second-order valence-corrected chi connectivity index (χ2v) is 7.02. The summed E-state index contributed by atoms with van der Waals surface area (Å²) in [6, 6.07) is 1.08. The minimum absolute atomic E-state index is 0.0571. The number of alkyl halides is 3. The van der Waals surface area contributed by atoms with E-state index in [1.54, 1.807) is 6.92 Å². The zero-order chi connectivity index (χ0) is 16.5. The second kappa shape index (κ2) is 6.13. The molecule has 2 rings (SSSR count). The van der Waals surface area contributed by atoms with Gasteiger partial charge < -0.3 is 5.32 Å². The van der Waals surface area contributed by atoms with Crippen LogP contribution in [0.25, 0.3) is 0 Å². The van der Waals surface area contributed by atoms with Crippen LogP contribution in [0.15, 0.2) is 23.1 Å². The Kier molecular flexibility index (Phi) is 4.78. The van der Waals surface area contributed by atoms with E-state index in [4.69, 9.17) is 0 Å². The topological polar surface area (TPSA) is 58.2 Å². The molecule has 0 aromatic heterocycles. The highest BCUT2D eigenvalue weighted by atomic mass is 32.2. The van der Waals surface area contributed by atoms with Gasteiger partial charge in [-0.1, -0.05) is 6.92 Å². The van der Waals surface area contributed by atoms with Gasteiger partial charge in [-0.25, -0.2) is 17.5 Å². The van der Waals surface area contributed by atoms with Crippen LogP contribution in [-0.4, -0.2) is 27.5 Å². The van der Waals surface area contributed by atoms with Crippen molar-refractivity contribution in [3.8, 4) is 0 Å². The number of sulfonamides is 1. The summed E-state index contributed by atoms with van der Waals surface area (Å²) in [5.74, 6) is -1.19. The number of piperidine rings is 1. The molecule has 2 N–H and O–H groups in total. The summed E-state index contributed by atoms with van der Waals surface area (Å²) in [5.41, 5.74) is -1.50. The van der Waals surface area contributed by atoms with Crippen LogP contribution in [0, 0.1) is 11.7 Å². The molecule has 0 bridgehead atoms. The number of benzene rings is 1. The highest BCUT2D eigenvalue weighted by Gasteiger charge is 2.38. The molecule has 1 aliphatic rings. The van der Waals surface area contributed by atoms with Crippen molar-refractivity contribution < 1.29 is 26.0 Å². The summed E-state index contributed by atoms with van der Waals surface area (Å²) in [4.78, 5) is -0.952. The maximum absolute atomic E-state index is 13.1. The molecule has 2 unspecified atom stereocenters. The molecule has 1 saturated heterocycles. The standard InChI is InChI=1S/C13H16F4N2O2S/c1-8-7-18-5-4-11(8)19-22(20,21)12-3-2-9(14)6-10(12)13(15,16)17/h2-3,6,8,11,18-19H,4-5,7H2,1H3. The van der Waals surface area contributed by atoms with E-state index in [2.05, 4.69) is 10.0 Å². The Balaban J connectivity index is 2.37. The molecular formula is C13H16F4N2O2S. The Morgan fingerprint density at radius 2 is 2.00 bits per heavy atom. The zero-order valence-electron chi connectivity index (χ0n) is 11.7. The van der Waals surface area contributed by atoms with Gasteiger partial charge in [0, 0.05) is 6.04 Å². The third-order valence-corrected chi connectivity index (χ3v) is 5.18. The lowest BCUT2D eigenvalue weighted by molar-refractivity contribution is -0.140. The molecule has 9 heteroatoms. The SMILES string of the molecule is CC1CNCCC1NS(=O)(=O)c1ccc(F)cc1C(F)(F)F. The summed E-state index contributed by atoms with van der Waals surface area (Å²) in [7, 11) is -4.39. The molecule has 0 spiro atoms. The number of nitrogens with one attached hydrogen (secondary N) is 2. The molecule has 1 aromatic carbocycles. The van der Waals surface area contributed by atoms with E-state index in [1.165, 1.54) is 0 Å². The Labute approximate surface area is 126 Å². The van der Waals surface area contributed by atoms with Gasteiger partial charge in [-0.2, -0.15) is 13.2 Å². The average molecular weight is 340 g/mol. The van der Waals surface area contributed by atoms with Crippen molar-refractivity contribution >= 4 is 10.0 Å². The van der Waals surface area contributed by atoms with Crippen molar-refractivity contribution in [1.82, 2.24) is 10.0 Å². The molecule has 0 aliphatic carbocycles. The maximum Gasteiger partial charge on any atom is 0.417 e. The van der Waals surface area contributed by atoms with Crippen molar-refractivity contribution in [3.63, 3.8) is 0 Å². The predicted molar refractivity (Wildman–Crippen MR) is 72.2 cm³/mol.